The summed E-state index contributed by atoms with van der Waals surface area (Å²) in [6, 6.07) is 4.26. The van der Waals surface area contributed by atoms with Gasteiger partial charge in [-0.3, -0.25) is 4.79 Å². The van der Waals surface area contributed by atoms with E-state index in [9.17, 15) is 9.18 Å². The summed E-state index contributed by atoms with van der Waals surface area (Å²) in [6.45, 7) is 2.11. The predicted molar refractivity (Wildman–Crippen MR) is 121 cm³/mol. The summed E-state index contributed by atoms with van der Waals surface area (Å²) in [5, 5.41) is 7.03. The minimum absolute atomic E-state index is 0.0550. The second-order valence-corrected chi connectivity index (χ2v) is 9.79. The zero-order valence-electron chi connectivity index (χ0n) is 17.5. The Bertz CT molecular complexity index is 937. The highest BCUT2D eigenvalue weighted by Gasteiger charge is 2.42. The largest absolute Gasteiger partial charge is 0.367 e. The molecule has 3 atom stereocenters. The van der Waals surface area contributed by atoms with Crippen LogP contribution in [0.2, 0.25) is 10.0 Å². The first-order valence-electron chi connectivity index (χ1n) is 10.8. The Kier molecular flexibility index (Phi) is 6.68. The first-order valence-corrected chi connectivity index (χ1v) is 11.6. The van der Waals surface area contributed by atoms with Crippen molar-refractivity contribution in [1.82, 2.24) is 15.3 Å². The molecule has 1 aromatic heterocycles. The Hall–Kier alpha value is -1.92. The maximum Gasteiger partial charge on any atom is 0.223 e. The van der Waals surface area contributed by atoms with E-state index >= 15 is 0 Å². The summed E-state index contributed by atoms with van der Waals surface area (Å²) >= 11 is 12.7. The number of nitrogens with one attached hydrogen (secondary N) is 2. The van der Waals surface area contributed by atoms with Crippen LogP contribution >= 0.6 is 23.2 Å². The van der Waals surface area contributed by atoms with E-state index in [-0.39, 0.29) is 28.3 Å². The molecule has 5 nitrogen and oxygen atoms in total. The number of benzene rings is 1. The van der Waals surface area contributed by atoms with Crippen molar-refractivity contribution in [2.45, 2.75) is 64.0 Å². The molecule has 0 saturated heterocycles. The van der Waals surface area contributed by atoms with Gasteiger partial charge >= 0.3 is 0 Å². The molecule has 2 aliphatic rings. The highest BCUT2D eigenvalue weighted by molar-refractivity contribution is 6.42. The fourth-order valence-electron chi connectivity index (χ4n) is 5.07. The smallest absolute Gasteiger partial charge is 0.223 e. The monoisotopic (exact) mass is 464 g/mol. The summed E-state index contributed by atoms with van der Waals surface area (Å²) in [7, 11) is 0. The highest BCUT2D eigenvalue weighted by atomic mass is 35.5. The summed E-state index contributed by atoms with van der Waals surface area (Å²) in [5.41, 5.74) is 0.0442. The maximum atomic E-state index is 14.9. The van der Waals surface area contributed by atoms with Crippen LogP contribution in [0.1, 0.15) is 63.5 Å². The third kappa shape index (κ3) is 4.80. The van der Waals surface area contributed by atoms with Crippen molar-refractivity contribution < 1.29 is 9.18 Å². The number of carbonyl (C=O) groups is 1. The number of rotatable bonds is 6. The normalized spacial score (nSPS) is 23.5. The first-order chi connectivity index (χ1) is 14.9. The molecular weight excluding hydrogens is 438 g/mol. The fraction of sp³-hybridized carbons (Fsp3) is 0.522. The van der Waals surface area contributed by atoms with Gasteiger partial charge in [-0.25, -0.2) is 14.4 Å². The molecule has 0 bridgehead atoms. The van der Waals surface area contributed by atoms with E-state index in [0.717, 1.165) is 44.3 Å². The van der Waals surface area contributed by atoms with Crippen molar-refractivity contribution in [3.8, 4) is 0 Å². The molecule has 4 rings (SSSR count). The van der Waals surface area contributed by atoms with E-state index in [1.54, 1.807) is 6.20 Å². The molecule has 2 aromatic rings. The lowest BCUT2D eigenvalue weighted by Crippen LogP contribution is -2.41. The number of carbonyl (C=O) groups excluding carboxylic acids is 1. The van der Waals surface area contributed by atoms with E-state index < -0.39 is 11.9 Å². The number of halogens is 3. The van der Waals surface area contributed by atoms with Gasteiger partial charge in [0.15, 0.2) is 0 Å². The van der Waals surface area contributed by atoms with Gasteiger partial charge in [-0.2, -0.15) is 0 Å². The number of hydrogen-bond donors (Lipinski definition) is 2. The molecule has 0 spiro atoms. The number of nitrogens with zero attached hydrogens (tertiary/aromatic N) is 2. The number of amides is 1. The van der Waals surface area contributed by atoms with Gasteiger partial charge in [0.25, 0.3) is 0 Å². The zero-order valence-corrected chi connectivity index (χ0v) is 19.0. The Morgan fingerprint density at radius 1 is 1.23 bits per heavy atom. The minimum Gasteiger partial charge on any atom is -0.367 e. The van der Waals surface area contributed by atoms with Crippen molar-refractivity contribution in [3.63, 3.8) is 0 Å². The summed E-state index contributed by atoms with van der Waals surface area (Å²) in [6.07, 6.45) is 9.44. The van der Waals surface area contributed by atoms with Gasteiger partial charge in [0.2, 0.25) is 5.91 Å². The predicted octanol–water partition coefficient (Wildman–Crippen LogP) is 5.94. The van der Waals surface area contributed by atoms with Crippen LogP contribution < -0.4 is 10.6 Å². The second-order valence-electron chi connectivity index (χ2n) is 9.01. The average molecular weight is 465 g/mol. The van der Waals surface area contributed by atoms with E-state index in [4.69, 9.17) is 23.2 Å². The summed E-state index contributed by atoms with van der Waals surface area (Å²) < 4.78 is 14.9. The lowest BCUT2D eigenvalue weighted by molar-refractivity contribution is -0.126. The maximum absolute atomic E-state index is 14.9. The minimum atomic E-state index is -0.512. The summed E-state index contributed by atoms with van der Waals surface area (Å²) in [4.78, 5) is 21.4. The van der Waals surface area contributed by atoms with Crippen molar-refractivity contribution in [1.29, 1.82) is 0 Å². The number of hydrogen-bond acceptors (Lipinski definition) is 4. The lowest BCUT2D eigenvalue weighted by atomic mass is 9.76. The van der Waals surface area contributed by atoms with Crippen LogP contribution in [0.15, 0.2) is 30.7 Å². The molecule has 1 heterocycles. The summed E-state index contributed by atoms with van der Waals surface area (Å²) in [5.74, 6) is 0.126. The molecule has 0 radical (unpaired) electrons. The fourth-order valence-corrected chi connectivity index (χ4v) is 5.50. The topological polar surface area (TPSA) is 66.9 Å². The van der Waals surface area contributed by atoms with E-state index in [2.05, 4.69) is 27.5 Å². The van der Waals surface area contributed by atoms with E-state index in [1.807, 2.05) is 6.07 Å². The van der Waals surface area contributed by atoms with Gasteiger partial charge in [-0.1, -0.05) is 43.0 Å². The van der Waals surface area contributed by atoms with Crippen molar-refractivity contribution in [3.05, 3.63) is 52.1 Å². The van der Waals surface area contributed by atoms with Crippen molar-refractivity contribution >= 4 is 34.9 Å². The molecule has 8 heteroatoms. The molecule has 2 fully saturated rings. The molecule has 166 valence electrons. The molecule has 2 aliphatic carbocycles. The number of anilines is 1. The SMILES string of the molecule is CC1([C@@H](NC(=O)[C@@H]2CC[C@@H](Nc3ccncn3)C2)c2c(F)ccc(Cl)c2Cl)CCCC1. The Balaban J connectivity index is 1.51. The molecular formula is C23H27Cl2FN4O. The zero-order chi connectivity index (χ0) is 22.0. The van der Waals surface area contributed by atoms with Crippen molar-refractivity contribution in [2.75, 3.05) is 5.32 Å². The Morgan fingerprint density at radius 2 is 2.00 bits per heavy atom. The van der Waals surface area contributed by atoms with Crippen molar-refractivity contribution in [2.24, 2.45) is 11.3 Å². The average Bonchev–Trinajstić information content (AvgIpc) is 3.41. The van der Waals surface area contributed by atoms with E-state index in [0.29, 0.717) is 17.0 Å². The van der Waals surface area contributed by atoms with Gasteiger partial charge < -0.3 is 10.6 Å². The quantitative estimate of drug-likeness (QED) is 0.518. The van der Waals surface area contributed by atoms with Crippen LogP contribution in [0.4, 0.5) is 10.2 Å². The third-order valence-corrected chi connectivity index (χ3v) is 7.65. The van der Waals surface area contributed by atoms with Gasteiger partial charge in [0, 0.05) is 23.7 Å². The van der Waals surface area contributed by atoms with Crippen LogP contribution in [0.5, 0.6) is 0 Å². The molecule has 1 amide bonds. The Labute approximate surface area is 192 Å². The highest BCUT2D eigenvalue weighted by Crippen LogP contribution is 2.50. The molecule has 1 aromatic carbocycles. The molecule has 31 heavy (non-hydrogen) atoms. The van der Waals surface area contributed by atoms with E-state index in [1.165, 1.54) is 18.5 Å². The molecule has 0 unspecified atom stereocenters. The van der Waals surface area contributed by atoms with Crippen LogP contribution in [-0.2, 0) is 4.79 Å². The van der Waals surface area contributed by atoms with Crippen LogP contribution in [0, 0.1) is 17.2 Å². The molecule has 2 saturated carbocycles. The lowest BCUT2D eigenvalue weighted by Gasteiger charge is -2.36. The molecule has 0 aliphatic heterocycles. The van der Waals surface area contributed by atoms with Crippen LogP contribution in [0.3, 0.4) is 0 Å². The first kappa shape index (κ1) is 22.3. The molecule has 2 N–H and O–H groups in total. The van der Waals surface area contributed by atoms with Crippen LogP contribution in [0.25, 0.3) is 0 Å². The standard InChI is InChI=1S/C23H27Cl2FN4O/c1-23(9-2-3-10-23)21(19-17(26)7-6-16(24)20(19)25)30-22(31)14-4-5-15(12-14)29-18-8-11-27-13-28-18/h6-8,11,13-15,21H,2-5,9-10,12H2,1H3,(H,30,31)(H,27,28,29)/t14-,15-,21+/m1/s1. The third-order valence-electron chi connectivity index (χ3n) is 6.83. The number of aromatic nitrogens is 2. The van der Waals surface area contributed by atoms with Crippen LogP contribution in [-0.4, -0.2) is 21.9 Å². The van der Waals surface area contributed by atoms with Gasteiger partial charge in [-0.15, -0.1) is 0 Å². The van der Waals surface area contributed by atoms with Gasteiger partial charge in [0.1, 0.15) is 18.0 Å². The Morgan fingerprint density at radius 3 is 2.71 bits per heavy atom. The van der Waals surface area contributed by atoms with Gasteiger partial charge in [0.05, 0.1) is 16.1 Å². The van der Waals surface area contributed by atoms with Gasteiger partial charge in [-0.05, 0) is 55.7 Å². The second kappa shape index (κ2) is 9.29.